The molecule has 2 aromatic carbocycles. The lowest BCUT2D eigenvalue weighted by Gasteiger charge is -2.16. The Morgan fingerprint density at radius 1 is 1.14 bits per heavy atom. The lowest BCUT2D eigenvalue weighted by Crippen LogP contribution is -2.28. The number of amides is 1. The smallest absolute Gasteiger partial charge is 0.335 e. The van der Waals surface area contributed by atoms with Crippen LogP contribution < -0.4 is 4.90 Å². The van der Waals surface area contributed by atoms with Crippen LogP contribution in [0.4, 0.5) is 5.69 Å². The van der Waals surface area contributed by atoms with Crippen LogP contribution in [-0.2, 0) is 4.79 Å². The zero-order chi connectivity index (χ0) is 20.5. The van der Waals surface area contributed by atoms with Crippen molar-refractivity contribution in [3.63, 3.8) is 0 Å². The molecule has 1 aliphatic heterocycles. The summed E-state index contributed by atoms with van der Waals surface area (Å²) < 4.78 is 6.29. The van der Waals surface area contributed by atoms with E-state index in [2.05, 4.69) is 0 Å². The average molecular weight is 421 g/mol. The number of aromatic carboxylic acids is 1. The van der Waals surface area contributed by atoms with Gasteiger partial charge < -0.3 is 9.52 Å². The molecule has 5 nitrogen and oxygen atoms in total. The minimum absolute atomic E-state index is 0.180. The van der Waals surface area contributed by atoms with Crippen molar-refractivity contribution in [3.8, 4) is 11.3 Å². The fourth-order valence-electron chi connectivity index (χ4n) is 3.01. The highest BCUT2D eigenvalue weighted by Crippen LogP contribution is 2.37. The molecule has 0 aliphatic carbocycles. The molecule has 1 fully saturated rings. The largest absolute Gasteiger partial charge is 0.478 e. The normalized spacial score (nSPS) is 15.3. The molecule has 4 rings (SSSR count). The number of thiocarbonyl (C=S) groups is 1. The van der Waals surface area contributed by atoms with Crippen LogP contribution in [0.5, 0.6) is 0 Å². The zero-order valence-corrected chi connectivity index (χ0v) is 16.9. The summed E-state index contributed by atoms with van der Waals surface area (Å²) >= 11 is 6.64. The number of anilines is 1. The summed E-state index contributed by atoms with van der Waals surface area (Å²) in [6.45, 7) is 1.93. The maximum absolute atomic E-state index is 12.9. The van der Waals surface area contributed by atoms with Gasteiger partial charge in [-0.25, -0.2) is 4.79 Å². The summed E-state index contributed by atoms with van der Waals surface area (Å²) in [5.41, 5.74) is 2.56. The van der Waals surface area contributed by atoms with Crippen LogP contribution in [0, 0.1) is 6.92 Å². The number of benzene rings is 2. The van der Waals surface area contributed by atoms with Gasteiger partial charge in [-0.1, -0.05) is 54.3 Å². The van der Waals surface area contributed by atoms with Crippen molar-refractivity contribution >= 4 is 51.9 Å². The highest BCUT2D eigenvalue weighted by molar-refractivity contribution is 8.27. The van der Waals surface area contributed by atoms with E-state index < -0.39 is 5.97 Å². The molecule has 1 aliphatic rings. The van der Waals surface area contributed by atoms with Crippen molar-refractivity contribution in [1.82, 2.24) is 0 Å². The van der Waals surface area contributed by atoms with Crippen molar-refractivity contribution in [2.24, 2.45) is 0 Å². The zero-order valence-electron chi connectivity index (χ0n) is 15.3. The van der Waals surface area contributed by atoms with E-state index in [0.717, 1.165) is 11.3 Å². The highest BCUT2D eigenvalue weighted by Gasteiger charge is 2.34. The first-order valence-corrected chi connectivity index (χ1v) is 9.93. The van der Waals surface area contributed by atoms with E-state index in [1.165, 1.54) is 22.7 Å². The SMILES string of the molecule is Cc1ccccc1N1C(=O)C(=Cc2ccc(-c3cccc(C(=O)O)c3)o2)SC1=S. The van der Waals surface area contributed by atoms with Gasteiger partial charge in [0.2, 0.25) is 0 Å². The van der Waals surface area contributed by atoms with Crippen molar-refractivity contribution in [2.45, 2.75) is 6.92 Å². The second-order valence-electron chi connectivity index (χ2n) is 6.39. The van der Waals surface area contributed by atoms with Gasteiger partial charge in [0.15, 0.2) is 4.32 Å². The Labute approximate surface area is 176 Å². The summed E-state index contributed by atoms with van der Waals surface area (Å²) in [5, 5.41) is 9.15. The average Bonchev–Trinajstić information content (AvgIpc) is 3.28. The molecule has 29 heavy (non-hydrogen) atoms. The second kappa shape index (κ2) is 7.69. The van der Waals surface area contributed by atoms with E-state index in [4.69, 9.17) is 21.7 Å². The summed E-state index contributed by atoms with van der Waals surface area (Å²) in [4.78, 5) is 26.1. The van der Waals surface area contributed by atoms with Crippen LogP contribution >= 0.6 is 24.0 Å². The van der Waals surface area contributed by atoms with Gasteiger partial charge in [0.1, 0.15) is 11.5 Å². The molecular weight excluding hydrogens is 406 g/mol. The second-order valence-corrected chi connectivity index (χ2v) is 8.07. The molecular formula is C22H15NO4S2. The molecule has 0 atom stereocenters. The minimum atomic E-state index is -1.00. The van der Waals surface area contributed by atoms with Gasteiger partial charge in [-0.15, -0.1) is 0 Å². The minimum Gasteiger partial charge on any atom is -0.478 e. The number of hydrogen-bond acceptors (Lipinski definition) is 5. The first-order valence-electron chi connectivity index (χ1n) is 8.71. The van der Waals surface area contributed by atoms with Crippen LogP contribution in [0.3, 0.4) is 0 Å². The van der Waals surface area contributed by atoms with Crippen LogP contribution in [0.15, 0.2) is 70.0 Å². The first-order chi connectivity index (χ1) is 13.9. The molecule has 0 spiro atoms. The van der Waals surface area contributed by atoms with Gasteiger partial charge in [-0.2, -0.15) is 0 Å². The fraction of sp³-hybridized carbons (Fsp3) is 0.0455. The quantitative estimate of drug-likeness (QED) is 0.452. The molecule has 0 bridgehead atoms. The van der Waals surface area contributed by atoms with E-state index in [1.807, 2.05) is 31.2 Å². The highest BCUT2D eigenvalue weighted by atomic mass is 32.2. The van der Waals surface area contributed by atoms with Gasteiger partial charge in [-0.05, 0) is 42.8 Å². The predicted molar refractivity (Wildman–Crippen MR) is 118 cm³/mol. The molecule has 0 unspecified atom stereocenters. The number of rotatable bonds is 4. The monoisotopic (exact) mass is 421 g/mol. The maximum atomic E-state index is 12.9. The Hall–Kier alpha value is -3.16. The van der Waals surface area contributed by atoms with Crippen molar-refractivity contribution in [3.05, 3.63) is 82.5 Å². The number of furan rings is 1. The van der Waals surface area contributed by atoms with Crippen molar-refractivity contribution < 1.29 is 19.1 Å². The Kier molecular flexibility index (Phi) is 5.08. The number of carboxylic acid groups (broad SMARTS) is 1. The van der Waals surface area contributed by atoms with Crippen LogP contribution in [-0.4, -0.2) is 21.3 Å². The van der Waals surface area contributed by atoms with Gasteiger partial charge in [0, 0.05) is 11.6 Å². The molecule has 144 valence electrons. The van der Waals surface area contributed by atoms with E-state index in [-0.39, 0.29) is 11.5 Å². The maximum Gasteiger partial charge on any atom is 0.335 e. The Bertz CT molecular complexity index is 1180. The molecule has 0 radical (unpaired) electrons. The van der Waals surface area contributed by atoms with Crippen LogP contribution in [0.2, 0.25) is 0 Å². The van der Waals surface area contributed by atoms with Gasteiger partial charge >= 0.3 is 5.97 Å². The number of para-hydroxylation sites is 1. The molecule has 1 aromatic heterocycles. The van der Waals surface area contributed by atoms with Crippen molar-refractivity contribution in [2.75, 3.05) is 4.90 Å². The number of hydrogen-bond donors (Lipinski definition) is 1. The summed E-state index contributed by atoms with van der Waals surface area (Å²) in [5.74, 6) is -0.182. The lowest BCUT2D eigenvalue weighted by atomic mass is 10.1. The number of carboxylic acids is 1. The third-order valence-electron chi connectivity index (χ3n) is 4.44. The number of nitrogens with zero attached hydrogens (tertiary/aromatic N) is 1. The summed E-state index contributed by atoms with van der Waals surface area (Å²) in [6.07, 6.45) is 1.65. The topological polar surface area (TPSA) is 70.8 Å². The molecule has 1 amide bonds. The standard InChI is InChI=1S/C22H15NO4S2/c1-13-5-2-3-8-17(13)23-20(24)19(29-22(23)28)12-16-9-10-18(27-16)14-6-4-7-15(11-14)21(25)26/h2-12H,1H3,(H,25,26). The van der Waals surface area contributed by atoms with Crippen LogP contribution in [0.1, 0.15) is 21.7 Å². The number of carbonyl (C=O) groups excluding carboxylic acids is 1. The molecule has 3 aromatic rings. The molecule has 1 saturated heterocycles. The third-order valence-corrected chi connectivity index (χ3v) is 5.75. The predicted octanol–water partition coefficient (Wildman–Crippen LogP) is 5.36. The molecule has 0 saturated carbocycles. The lowest BCUT2D eigenvalue weighted by molar-refractivity contribution is -0.113. The van der Waals surface area contributed by atoms with Crippen molar-refractivity contribution in [1.29, 1.82) is 0 Å². The Morgan fingerprint density at radius 3 is 2.69 bits per heavy atom. The number of aryl methyl sites for hydroxylation is 1. The molecule has 1 N–H and O–H groups in total. The van der Waals surface area contributed by atoms with E-state index in [9.17, 15) is 9.59 Å². The molecule has 2 heterocycles. The van der Waals surface area contributed by atoms with E-state index in [0.29, 0.717) is 26.3 Å². The summed E-state index contributed by atoms with van der Waals surface area (Å²) in [6, 6.07) is 17.6. The number of carbonyl (C=O) groups is 2. The van der Waals surface area contributed by atoms with Gasteiger partial charge in [0.25, 0.3) is 5.91 Å². The summed E-state index contributed by atoms with van der Waals surface area (Å²) in [7, 11) is 0. The van der Waals surface area contributed by atoms with E-state index in [1.54, 1.807) is 36.4 Å². The van der Waals surface area contributed by atoms with Gasteiger partial charge in [0.05, 0.1) is 16.2 Å². The fourth-order valence-corrected chi connectivity index (χ4v) is 4.27. The van der Waals surface area contributed by atoms with Gasteiger partial charge in [-0.3, -0.25) is 9.69 Å². The van der Waals surface area contributed by atoms with E-state index >= 15 is 0 Å². The first kappa shape index (κ1) is 19.2. The third kappa shape index (κ3) is 3.74. The molecule has 7 heteroatoms. The number of thioether (sulfide) groups is 1. The Morgan fingerprint density at radius 2 is 1.93 bits per heavy atom. The Balaban J connectivity index is 1.62. The van der Waals surface area contributed by atoms with Crippen LogP contribution in [0.25, 0.3) is 17.4 Å².